The number of carbonyl (C=O) groups excluding carboxylic acids is 1. The number of carbonyl (C=O) groups is 1. The fourth-order valence-electron chi connectivity index (χ4n) is 1.84. The molecule has 0 unspecified atom stereocenters. The summed E-state index contributed by atoms with van der Waals surface area (Å²) >= 11 is 0. The van der Waals surface area contributed by atoms with E-state index in [1.807, 2.05) is 34.6 Å². The van der Waals surface area contributed by atoms with Crippen LogP contribution in [0.4, 0.5) is 4.79 Å². The fourth-order valence-corrected chi connectivity index (χ4v) is 1.84. The molecule has 1 aromatic heterocycles. The quantitative estimate of drug-likeness (QED) is 0.918. The van der Waals surface area contributed by atoms with Crippen LogP contribution in [0.25, 0.3) is 0 Å². The third-order valence-electron chi connectivity index (χ3n) is 2.84. The molecule has 0 radical (unpaired) electrons. The smallest absolute Gasteiger partial charge is 0.408 e. The Kier molecular flexibility index (Phi) is 3.75. The van der Waals surface area contributed by atoms with Gasteiger partial charge in [0.1, 0.15) is 5.60 Å². The highest BCUT2D eigenvalue weighted by atomic mass is 16.6. The van der Waals surface area contributed by atoms with E-state index >= 15 is 0 Å². The minimum Gasteiger partial charge on any atom is -0.444 e. The lowest BCUT2D eigenvalue weighted by molar-refractivity contribution is 0.0469. The molecule has 0 spiro atoms. The van der Waals surface area contributed by atoms with Crippen molar-refractivity contribution < 1.29 is 13.9 Å². The number of amides is 1. The molecular formula is C14H23N3O3. The molecule has 0 atom stereocenters. The molecule has 1 heterocycles. The van der Waals surface area contributed by atoms with E-state index in [9.17, 15) is 4.79 Å². The molecule has 1 saturated carbocycles. The lowest BCUT2D eigenvalue weighted by Gasteiger charge is -2.27. The van der Waals surface area contributed by atoms with Crippen molar-refractivity contribution in [2.24, 2.45) is 0 Å². The van der Waals surface area contributed by atoms with Gasteiger partial charge in [-0.1, -0.05) is 0 Å². The van der Waals surface area contributed by atoms with Crippen molar-refractivity contribution in [2.45, 2.75) is 70.9 Å². The first kappa shape index (κ1) is 14.8. The first-order chi connectivity index (χ1) is 9.15. The number of alkyl carbamates (subject to hydrolysis) is 1. The number of ether oxygens (including phenoxy) is 1. The van der Waals surface area contributed by atoms with Crippen LogP contribution in [0.1, 0.15) is 65.2 Å². The lowest BCUT2D eigenvalue weighted by Crippen LogP contribution is -2.47. The van der Waals surface area contributed by atoms with Gasteiger partial charge in [-0.3, -0.25) is 0 Å². The van der Waals surface area contributed by atoms with Crippen molar-refractivity contribution >= 4 is 6.09 Å². The zero-order chi connectivity index (χ0) is 15.0. The molecule has 1 aromatic rings. The predicted octanol–water partition coefficient (Wildman–Crippen LogP) is 2.79. The standard InChI is InChI=1S/C14H23N3O3/c1-13(2,3)20-12(18)15-14(4,5)8-10-16-17-11(19-10)9-6-7-9/h9H,6-8H2,1-5H3,(H,15,18). The van der Waals surface area contributed by atoms with Crippen molar-refractivity contribution in [1.29, 1.82) is 0 Å². The Morgan fingerprint density at radius 2 is 1.95 bits per heavy atom. The zero-order valence-corrected chi connectivity index (χ0v) is 12.8. The summed E-state index contributed by atoms with van der Waals surface area (Å²) in [7, 11) is 0. The van der Waals surface area contributed by atoms with Crippen LogP contribution in [0.2, 0.25) is 0 Å². The van der Waals surface area contributed by atoms with Gasteiger partial charge in [0.15, 0.2) is 0 Å². The van der Waals surface area contributed by atoms with Crippen molar-refractivity contribution in [1.82, 2.24) is 15.5 Å². The summed E-state index contributed by atoms with van der Waals surface area (Å²) < 4.78 is 10.9. The topological polar surface area (TPSA) is 77.3 Å². The van der Waals surface area contributed by atoms with Crippen LogP contribution in [0.15, 0.2) is 4.42 Å². The largest absolute Gasteiger partial charge is 0.444 e. The average molecular weight is 281 g/mol. The fraction of sp³-hybridized carbons (Fsp3) is 0.786. The highest BCUT2D eigenvalue weighted by molar-refractivity contribution is 5.68. The average Bonchev–Trinajstić information content (AvgIpc) is 2.96. The second-order valence-electron chi connectivity index (χ2n) is 7.00. The third-order valence-corrected chi connectivity index (χ3v) is 2.84. The van der Waals surface area contributed by atoms with E-state index in [0.29, 0.717) is 24.1 Å². The Hall–Kier alpha value is -1.59. The van der Waals surface area contributed by atoms with Gasteiger partial charge in [-0.2, -0.15) is 0 Å². The van der Waals surface area contributed by atoms with Crippen molar-refractivity contribution in [2.75, 3.05) is 0 Å². The minimum atomic E-state index is -0.510. The molecule has 6 nitrogen and oxygen atoms in total. The van der Waals surface area contributed by atoms with Gasteiger partial charge >= 0.3 is 6.09 Å². The maximum atomic E-state index is 11.8. The normalized spacial score (nSPS) is 16.1. The predicted molar refractivity (Wildman–Crippen MR) is 73.4 cm³/mol. The number of aromatic nitrogens is 2. The van der Waals surface area contributed by atoms with Crippen molar-refractivity contribution in [3.8, 4) is 0 Å². The minimum absolute atomic E-state index is 0.440. The van der Waals surface area contributed by atoms with Crippen LogP contribution < -0.4 is 5.32 Å². The SMILES string of the molecule is CC(C)(Cc1nnc(C2CC2)o1)NC(=O)OC(C)(C)C. The third kappa shape index (κ3) is 4.51. The van der Waals surface area contributed by atoms with Gasteiger partial charge in [0.05, 0.1) is 0 Å². The summed E-state index contributed by atoms with van der Waals surface area (Å²) in [6.45, 7) is 9.30. The molecule has 1 N–H and O–H groups in total. The summed E-state index contributed by atoms with van der Waals surface area (Å²) in [5.41, 5.74) is -1.01. The van der Waals surface area contributed by atoms with E-state index in [0.717, 1.165) is 12.8 Å². The summed E-state index contributed by atoms with van der Waals surface area (Å²) in [6.07, 6.45) is 2.29. The molecule has 112 valence electrons. The van der Waals surface area contributed by atoms with Gasteiger partial charge in [-0.05, 0) is 47.5 Å². The van der Waals surface area contributed by atoms with Crippen LogP contribution in [-0.4, -0.2) is 27.4 Å². The van der Waals surface area contributed by atoms with Gasteiger partial charge < -0.3 is 14.5 Å². The van der Waals surface area contributed by atoms with Crippen LogP contribution in [0, 0.1) is 0 Å². The molecular weight excluding hydrogens is 258 g/mol. The molecule has 1 amide bonds. The molecule has 1 aliphatic rings. The van der Waals surface area contributed by atoms with E-state index < -0.39 is 17.2 Å². The van der Waals surface area contributed by atoms with Crippen molar-refractivity contribution in [3.05, 3.63) is 11.8 Å². The summed E-state index contributed by atoms with van der Waals surface area (Å²) in [5.74, 6) is 1.71. The molecule has 6 heteroatoms. The Morgan fingerprint density at radius 3 is 2.50 bits per heavy atom. The van der Waals surface area contributed by atoms with Crippen LogP contribution in [-0.2, 0) is 11.2 Å². The van der Waals surface area contributed by atoms with E-state index in [-0.39, 0.29) is 0 Å². The maximum absolute atomic E-state index is 11.8. The number of nitrogens with zero attached hydrogens (tertiary/aromatic N) is 2. The van der Waals surface area contributed by atoms with Gasteiger partial charge in [-0.25, -0.2) is 4.79 Å². The number of hydrogen-bond acceptors (Lipinski definition) is 5. The first-order valence-electron chi connectivity index (χ1n) is 6.98. The molecule has 1 aliphatic carbocycles. The number of nitrogens with one attached hydrogen (secondary N) is 1. The Balaban J connectivity index is 1.90. The molecule has 0 saturated heterocycles. The summed E-state index contributed by atoms with van der Waals surface area (Å²) in [4.78, 5) is 11.8. The van der Waals surface area contributed by atoms with Crippen LogP contribution in [0.5, 0.6) is 0 Å². The highest BCUT2D eigenvalue weighted by Gasteiger charge is 2.31. The highest BCUT2D eigenvalue weighted by Crippen LogP contribution is 2.39. The lowest BCUT2D eigenvalue weighted by atomic mass is 10.0. The Labute approximate surface area is 119 Å². The van der Waals surface area contributed by atoms with E-state index in [1.165, 1.54) is 0 Å². The Morgan fingerprint density at radius 1 is 1.30 bits per heavy atom. The molecule has 2 rings (SSSR count). The van der Waals surface area contributed by atoms with Crippen molar-refractivity contribution in [3.63, 3.8) is 0 Å². The number of rotatable bonds is 4. The first-order valence-corrected chi connectivity index (χ1v) is 6.98. The van der Waals surface area contributed by atoms with E-state index in [1.54, 1.807) is 0 Å². The second kappa shape index (κ2) is 5.07. The van der Waals surface area contributed by atoms with E-state index in [2.05, 4.69) is 15.5 Å². The molecule has 20 heavy (non-hydrogen) atoms. The van der Waals surface area contributed by atoms with Gasteiger partial charge in [0, 0.05) is 17.9 Å². The molecule has 0 aliphatic heterocycles. The molecule has 0 bridgehead atoms. The van der Waals surface area contributed by atoms with Gasteiger partial charge in [-0.15, -0.1) is 10.2 Å². The van der Waals surface area contributed by atoms with Gasteiger partial charge in [0.25, 0.3) is 0 Å². The monoisotopic (exact) mass is 281 g/mol. The Bertz CT molecular complexity index is 484. The zero-order valence-electron chi connectivity index (χ0n) is 12.8. The van der Waals surface area contributed by atoms with Crippen LogP contribution >= 0.6 is 0 Å². The summed E-state index contributed by atoms with van der Waals surface area (Å²) in [6, 6.07) is 0. The molecule has 1 fully saturated rings. The molecule has 0 aromatic carbocycles. The maximum Gasteiger partial charge on any atom is 0.408 e. The van der Waals surface area contributed by atoms with Gasteiger partial charge in [0.2, 0.25) is 11.8 Å². The number of hydrogen-bond donors (Lipinski definition) is 1. The van der Waals surface area contributed by atoms with E-state index in [4.69, 9.17) is 9.15 Å². The van der Waals surface area contributed by atoms with Crippen LogP contribution in [0.3, 0.4) is 0 Å². The summed E-state index contributed by atoms with van der Waals surface area (Å²) in [5, 5.41) is 10.9. The second-order valence-corrected chi connectivity index (χ2v) is 7.00.